The zero-order chi connectivity index (χ0) is 13.3. The van der Waals surface area contributed by atoms with E-state index < -0.39 is 0 Å². The summed E-state index contributed by atoms with van der Waals surface area (Å²) in [6, 6.07) is 2.11. The SMILES string of the molecule is C=CCC(C)CN(C)C(=C)/C=C\C(C#N)=C/C. The van der Waals surface area contributed by atoms with Gasteiger partial charge in [-0.05, 0) is 31.4 Å². The Morgan fingerprint density at radius 2 is 2.12 bits per heavy atom. The lowest BCUT2D eigenvalue weighted by molar-refractivity contribution is 0.358. The average Bonchev–Trinajstić information content (AvgIpc) is 2.30. The molecule has 0 aliphatic rings. The van der Waals surface area contributed by atoms with E-state index in [1.165, 1.54) is 0 Å². The van der Waals surface area contributed by atoms with Crippen LogP contribution < -0.4 is 0 Å². The van der Waals surface area contributed by atoms with Crippen LogP contribution in [0.5, 0.6) is 0 Å². The van der Waals surface area contributed by atoms with Crippen molar-refractivity contribution in [2.75, 3.05) is 13.6 Å². The molecular formula is C15H22N2. The van der Waals surface area contributed by atoms with Gasteiger partial charge in [0, 0.05) is 24.9 Å². The Morgan fingerprint density at radius 3 is 2.59 bits per heavy atom. The van der Waals surface area contributed by atoms with Crippen molar-refractivity contribution >= 4 is 0 Å². The number of nitriles is 1. The summed E-state index contributed by atoms with van der Waals surface area (Å²) in [5, 5.41) is 8.77. The number of allylic oxidation sites excluding steroid dienone is 5. The van der Waals surface area contributed by atoms with E-state index in [1.54, 1.807) is 12.2 Å². The third-order valence-electron chi connectivity index (χ3n) is 2.54. The molecule has 0 amide bonds. The number of nitrogens with zero attached hydrogens (tertiary/aromatic N) is 2. The number of likely N-dealkylation sites (N-methyl/N-ethyl adjacent to an activating group) is 1. The van der Waals surface area contributed by atoms with Crippen molar-refractivity contribution in [3.8, 4) is 6.07 Å². The summed E-state index contributed by atoms with van der Waals surface area (Å²) in [5.41, 5.74) is 1.56. The first-order valence-electron chi connectivity index (χ1n) is 5.80. The predicted octanol–water partition coefficient (Wildman–Crippen LogP) is 3.67. The lowest BCUT2D eigenvalue weighted by Crippen LogP contribution is -2.22. The van der Waals surface area contributed by atoms with Crippen LogP contribution in [0.2, 0.25) is 0 Å². The summed E-state index contributed by atoms with van der Waals surface area (Å²) < 4.78 is 0. The van der Waals surface area contributed by atoms with Gasteiger partial charge in [0.2, 0.25) is 0 Å². The van der Waals surface area contributed by atoms with Crippen molar-refractivity contribution in [2.24, 2.45) is 5.92 Å². The minimum Gasteiger partial charge on any atom is -0.375 e. The lowest BCUT2D eigenvalue weighted by atomic mass is 10.1. The highest BCUT2D eigenvalue weighted by Gasteiger charge is 2.04. The molecule has 0 aliphatic heterocycles. The molecule has 0 saturated heterocycles. The maximum Gasteiger partial charge on any atom is 0.0988 e. The monoisotopic (exact) mass is 230 g/mol. The molecule has 1 atom stereocenters. The van der Waals surface area contributed by atoms with Gasteiger partial charge in [0.15, 0.2) is 0 Å². The molecular weight excluding hydrogens is 208 g/mol. The highest BCUT2D eigenvalue weighted by atomic mass is 15.1. The van der Waals surface area contributed by atoms with E-state index in [-0.39, 0.29) is 0 Å². The molecule has 0 fully saturated rings. The van der Waals surface area contributed by atoms with Crippen LogP contribution >= 0.6 is 0 Å². The van der Waals surface area contributed by atoms with Crippen LogP contribution in [0, 0.1) is 17.2 Å². The van der Waals surface area contributed by atoms with E-state index in [0.29, 0.717) is 11.5 Å². The summed E-state index contributed by atoms with van der Waals surface area (Å²) in [7, 11) is 2.01. The van der Waals surface area contributed by atoms with Crippen LogP contribution in [0.25, 0.3) is 0 Å². The molecule has 2 heteroatoms. The molecule has 1 unspecified atom stereocenters. The zero-order valence-electron chi connectivity index (χ0n) is 11.1. The normalized spacial score (nSPS) is 13.2. The van der Waals surface area contributed by atoms with Gasteiger partial charge in [-0.2, -0.15) is 5.26 Å². The minimum atomic E-state index is 0.555. The van der Waals surface area contributed by atoms with Crippen LogP contribution in [0.4, 0.5) is 0 Å². The minimum absolute atomic E-state index is 0.555. The van der Waals surface area contributed by atoms with Crippen LogP contribution in [-0.4, -0.2) is 18.5 Å². The van der Waals surface area contributed by atoms with Gasteiger partial charge >= 0.3 is 0 Å². The summed E-state index contributed by atoms with van der Waals surface area (Å²) in [4.78, 5) is 2.09. The van der Waals surface area contributed by atoms with E-state index >= 15 is 0 Å². The van der Waals surface area contributed by atoms with Crippen LogP contribution in [-0.2, 0) is 0 Å². The Hall–Kier alpha value is -1.75. The molecule has 0 aromatic carbocycles. The number of rotatable bonds is 7. The molecule has 2 nitrogen and oxygen atoms in total. The van der Waals surface area contributed by atoms with Gasteiger partial charge in [-0.15, -0.1) is 6.58 Å². The molecule has 0 aromatic rings. The Balaban J connectivity index is 4.33. The molecule has 0 bridgehead atoms. The van der Waals surface area contributed by atoms with Gasteiger partial charge in [-0.3, -0.25) is 0 Å². The van der Waals surface area contributed by atoms with Gasteiger partial charge in [0.25, 0.3) is 0 Å². The van der Waals surface area contributed by atoms with Crippen molar-refractivity contribution in [3.05, 3.63) is 48.7 Å². The Kier molecular flexibility index (Phi) is 7.54. The maximum absolute atomic E-state index is 8.77. The average molecular weight is 230 g/mol. The number of hydrogen-bond donors (Lipinski definition) is 0. The molecule has 0 aliphatic carbocycles. The van der Waals surface area contributed by atoms with Gasteiger partial charge in [-0.1, -0.05) is 25.7 Å². The largest absolute Gasteiger partial charge is 0.375 e. The smallest absolute Gasteiger partial charge is 0.0988 e. The Morgan fingerprint density at radius 1 is 1.47 bits per heavy atom. The van der Waals surface area contributed by atoms with Crippen molar-refractivity contribution in [2.45, 2.75) is 20.3 Å². The fourth-order valence-corrected chi connectivity index (χ4v) is 1.46. The topological polar surface area (TPSA) is 27.0 Å². The van der Waals surface area contributed by atoms with E-state index in [2.05, 4.69) is 31.1 Å². The first-order valence-corrected chi connectivity index (χ1v) is 5.80. The fourth-order valence-electron chi connectivity index (χ4n) is 1.46. The van der Waals surface area contributed by atoms with Crippen molar-refractivity contribution < 1.29 is 0 Å². The first kappa shape index (κ1) is 15.2. The molecule has 0 rings (SSSR count). The van der Waals surface area contributed by atoms with E-state index in [4.69, 9.17) is 5.26 Å². The Bertz CT molecular complexity index is 356. The molecule has 0 aromatic heterocycles. The molecule has 92 valence electrons. The van der Waals surface area contributed by atoms with Gasteiger partial charge in [0.1, 0.15) is 0 Å². The number of hydrogen-bond acceptors (Lipinski definition) is 2. The van der Waals surface area contributed by atoms with Crippen molar-refractivity contribution in [1.82, 2.24) is 4.90 Å². The van der Waals surface area contributed by atoms with E-state index in [9.17, 15) is 0 Å². The second kappa shape index (κ2) is 8.41. The second-order valence-corrected chi connectivity index (χ2v) is 4.19. The van der Waals surface area contributed by atoms with Gasteiger partial charge in [-0.25, -0.2) is 0 Å². The molecule has 0 radical (unpaired) electrons. The molecule has 0 saturated carbocycles. The third-order valence-corrected chi connectivity index (χ3v) is 2.54. The van der Waals surface area contributed by atoms with Crippen molar-refractivity contribution in [3.63, 3.8) is 0 Å². The quantitative estimate of drug-likeness (QED) is 0.379. The summed E-state index contributed by atoms with van der Waals surface area (Å²) in [5.74, 6) is 0.555. The standard InChI is InChI=1S/C15H22N2/c1-6-8-13(3)12-17(5)14(4)9-10-15(7-2)11-16/h6-7,9-10,13H,1,4,8,12H2,2-3,5H3/b10-9-,15-7+. The first-order chi connectivity index (χ1) is 8.04. The van der Waals surface area contributed by atoms with Crippen LogP contribution in [0.3, 0.4) is 0 Å². The van der Waals surface area contributed by atoms with Crippen LogP contribution in [0.15, 0.2) is 48.7 Å². The van der Waals surface area contributed by atoms with E-state index in [1.807, 2.05) is 26.1 Å². The Labute approximate surface area is 105 Å². The fraction of sp³-hybridized carbons (Fsp3) is 0.400. The van der Waals surface area contributed by atoms with Crippen molar-refractivity contribution in [1.29, 1.82) is 5.26 Å². The summed E-state index contributed by atoms with van der Waals surface area (Å²) in [6.07, 6.45) is 8.38. The molecule has 17 heavy (non-hydrogen) atoms. The molecule has 0 N–H and O–H groups in total. The summed E-state index contributed by atoms with van der Waals surface area (Å²) in [6.45, 7) is 12.7. The summed E-state index contributed by atoms with van der Waals surface area (Å²) >= 11 is 0. The predicted molar refractivity (Wildman–Crippen MR) is 74.3 cm³/mol. The highest BCUT2D eigenvalue weighted by molar-refractivity contribution is 5.35. The zero-order valence-corrected chi connectivity index (χ0v) is 11.1. The van der Waals surface area contributed by atoms with Gasteiger partial charge in [0.05, 0.1) is 6.07 Å². The maximum atomic E-state index is 8.77. The lowest BCUT2D eigenvalue weighted by Gasteiger charge is -2.22. The second-order valence-electron chi connectivity index (χ2n) is 4.19. The molecule has 0 heterocycles. The highest BCUT2D eigenvalue weighted by Crippen LogP contribution is 2.09. The molecule has 0 spiro atoms. The van der Waals surface area contributed by atoms with Gasteiger partial charge < -0.3 is 4.90 Å². The third kappa shape index (κ3) is 6.42. The van der Waals surface area contributed by atoms with E-state index in [0.717, 1.165) is 18.7 Å². The van der Waals surface area contributed by atoms with Crippen LogP contribution in [0.1, 0.15) is 20.3 Å².